The monoisotopic (exact) mass is 565 g/mol. The number of anilines is 1. The van der Waals surface area contributed by atoms with Gasteiger partial charge in [0.2, 0.25) is 21.8 Å². The van der Waals surface area contributed by atoms with Gasteiger partial charge in [-0.2, -0.15) is 0 Å². The Kier molecular flexibility index (Phi) is 10.2. The van der Waals surface area contributed by atoms with Gasteiger partial charge in [0.15, 0.2) is 0 Å². The predicted molar refractivity (Wildman–Crippen MR) is 138 cm³/mol. The highest BCUT2D eigenvalue weighted by Crippen LogP contribution is 2.28. The van der Waals surface area contributed by atoms with Crippen molar-refractivity contribution in [2.75, 3.05) is 17.1 Å². The Labute approximate surface area is 220 Å². The molecule has 35 heavy (non-hydrogen) atoms. The summed E-state index contributed by atoms with van der Waals surface area (Å²) in [6.45, 7) is 4.50. The van der Waals surface area contributed by atoms with E-state index in [2.05, 4.69) is 5.32 Å². The van der Waals surface area contributed by atoms with Crippen molar-refractivity contribution in [1.29, 1.82) is 0 Å². The maximum Gasteiger partial charge on any atom is 0.244 e. The van der Waals surface area contributed by atoms with Crippen LogP contribution in [-0.2, 0) is 26.2 Å². The van der Waals surface area contributed by atoms with Gasteiger partial charge in [0.25, 0.3) is 0 Å². The Balaban J connectivity index is 2.52. The topological polar surface area (TPSA) is 86.8 Å². The third kappa shape index (κ3) is 7.70. The highest BCUT2D eigenvalue weighted by atomic mass is 35.5. The summed E-state index contributed by atoms with van der Waals surface area (Å²) in [5.74, 6) is -1.83. The van der Waals surface area contributed by atoms with E-state index >= 15 is 0 Å². The third-order valence-electron chi connectivity index (χ3n) is 5.08. The number of amides is 2. The molecule has 0 radical (unpaired) electrons. The van der Waals surface area contributed by atoms with Gasteiger partial charge < -0.3 is 10.2 Å². The number of carbonyl (C=O) groups is 2. The molecule has 12 heteroatoms. The molecule has 0 saturated heterocycles. The van der Waals surface area contributed by atoms with Crippen molar-refractivity contribution in [2.24, 2.45) is 0 Å². The Morgan fingerprint density at radius 1 is 1.06 bits per heavy atom. The SMILES string of the molecule is CCC(C(=O)NC(C)C)N(Cc1c(Cl)cccc1Cl)C(=O)CN(c1ccc(F)c(Cl)c1)S(C)(=O)=O. The lowest BCUT2D eigenvalue weighted by Crippen LogP contribution is -2.53. The number of carbonyl (C=O) groups excluding carboxylic acids is 2. The van der Waals surface area contributed by atoms with Crippen LogP contribution >= 0.6 is 34.8 Å². The number of rotatable bonds is 10. The molecule has 0 aromatic heterocycles. The van der Waals surface area contributed by atoms with Gasteiger partial charge in [-0.25, -0.2) is 12.8 Å². The molecule has 0 fully saturated rings. The lowest BCUT2D eigenvalue weighted by Gasteiger charge is -2.33. The van der Waals surface area contributed by atoms with E-state index in [-0.39, 0.29) is 29.7 Å². The zero-order valence-corrected chi connectivity index (χ0v) is 22.8. The Morgan fingerprint density at radius 3 is 2.14 bits per heavy atom. The molecule has 0 spiro atoms. The first kappa shape index (κ1) is 29.2. The number of hydrogen-bond acceptors (Lipinski definition) is 4. The summed E-state index contributed by atoms with van der Waals surface area (Å²) >= 11 is 18.5. The van der Waals surface area contributed by atoms with Gasteiger partial charge in [0.1, 0.15) is 18.4 Å². The third-order valence-corrected chi connectivity index (χ3v) is 7.22. The largest absolute Gasteiger partial charge is 0.352 e. The molecule has 0 aliphatic carbocycles. The summed E-state index contributed by atoms with van der Waals surface area (Å²) < 4.78 is 39.6. The van der Waals surface area contributed by atoms with Gasteiger partial charge in [-0.05, 0) is 50.6 Å². The number of benzene rings is 2. The van der Waals surface area contributed by atoms with Crippen molar-refractivity contribution in [3.8, 4) is 0 Å². The predicted octanol–water partition coefficient (Wildman–Crippen LogP) is 4.88. The standard InChI is InChI=1S/C23H27Cl3FN3O4S/c1-5-21(23(32)28-14(2)3)29(12-16-17(24)7-6-8-18(16)25)22(31)13-30(35(4,33)34)15-9-10-20(27)19(26)11-15/h6-11,14,21H,5,12-13H2,1-4H3,(H,28,32). The van der Waals surface area contributed by atoms with E-state index in [0.717, 1.165) is 22.7 Å². The summed E-state index contributed by atoms with van der Waals surface area (Å²) in [6.07, 6.45) is 1.16. The molecule has 7 nitrogen and oxygen atoms in total. The molecular formula is C23H27Cl3FN3O4S. The van der Waals surface area contributed by atoms with Gasteiger partial charge in [-0.15, -0.1) is 0 Å². The minimum atomic E-state index is -3.98. The number of nitrogens with one attached hydrogen (secondary N) is 1. The molecule has 0 bridgehead atoms. The molecule has 1 atom stereocenters. The number of hydrogen-bond donors (Lipinski definition) is 1. The van der Waals surface area contributed by atoms with Crippen LogP contribution in [0.1, 0.15) is 32.8 Å². The molecule has 2 aromatic rings. The van der Waals surface area contributed by atoms with E-state index in [9.17, 15) is 22.4 Å². The first-order valence-corrected chi connectivity index (χ1v) is 13.7. The molecule has 0 aliphatic heterocycles. The molecule has 2 rings (SSSR count). The molecule has 0 saturated carbocycles. The summed E-state index contributed by atoms with van der Waals surface area (Å²) in [5.41, 5.74) is 0.415. The van der Waals surface area contributed by atoms with Crippen molar-refractivity contribution < 1.29 is 22.4 Å². The quantitative estimate of drug-likeness (QED) is 0.444. The van der Waals surface area contributed by atoms with Crippen LogP contribution in [0.25, 0.3) is 0 Å². The summed E-state index contributed by atoms with van der Waals surface area (Å²) in [5, 5.41) is 3.07. The van der Waals surface area contributed by atoms with E-state index < -0.39 is 40.2 Å². The van der Waals surface area contributed by atoms with E-state index in [1.165, 1.54) is 11.0 Å². The smallest absolute Gasteiger partial charge is 0.244 e. The minimum absolute atomic E-state index is 0.00246. The van der Waals surface area contributed by atoms with Crippen molar-refractivity contribution in [2.45, 2.75) is 45.8 Å². The zero-order valence-electron chi connectivity index (χ0n) is 19.7. The Hall–Kier alpha value is -2.07. The fraction of sp³-hybridized carbons (Fsp3) is 0.391. The van der Waals surface area contributed by atoms with Crippen LogP contribution < -0.4 is 9.62 Å². The minimum Gasteiger partial charge on any atom is -0.352 e. The molecule has 1 unspecified atom stereocenters. The second kappa shape index (κ2) is 12.3. The van der Waals surface area contributed by atoms with Crippen molar-refractivity contribution >= 4 is 62.3 Å². The maximum atomic E-state index is 13.7. The number of sulfonamides is 1. The van der Waals surface area contributed by atoms with Gasteiger partial charge in [0.05, 0.1) is 17.0 Å². The Bertz CT molecular complexity index is 1170. The highest BCUT2D eigenvalue weighted by molar-refractivity contribution is 7.92. The van der Waals surface area contributed by atoms with Crippen LogP contribution in [0.15, 0.2) is 36.4 Å². The van der Waals surface area contributed by atoms with Crippen LogP contribution in [0.2, 0.25) is 15.1 Å². The fourth-order valence-corrected chi connectivity index (χ4v) is 4.94. The van der Waals surface area contributed by atoms with E-state index in [4.69, 9.17) is 34.8 Å². The van der Waals surface area contributed by atoms with Crippen molar-refractivity contribution in [3.05, 3.63) is 62.8 Å². The van der Waals surface area contributed by atoms with E-state index in [1.807, 2.05) is 0 Å². The van der Waals surface area contributed by atoms with E-state index in [1.54, 1.807) is 39.0 Å². The normalized spacial score (nSPS) is 12.4. The van der Waals surface area contributed by atoms with Crippen molar-refractivity contribution in [1.82, 2.24) is 10.2 Å². The number of halogens is 4. The lowest BCUT2D eigenvalue weighted by atomic mass is 10.1. The molecular weight excluding hydrogens is 540 g/mol. The molecule has 0 aliphatic rings. The van der Waals surface area contributed by atoms with Gasteiger partial charge in [-0.3, -0.25) is 13.9 Å². The second-order valence-corrected chi connectivity index (χ2v) is 11.3. The average molecular weight is 567 g/mol. The lowest BCUT2D eigenvalue weighted by molar-refractivity contribution is -0.140. The average Bonchev–Trinajstić information content (AvgIpc) is 2.74. The summed E-state index contributed by atoms with van der Waals surface area (Å²) in [6, 6.07) is 7.05. The highest BCUT2D eigenvalue weighted by Gasteiger charge is 2.33. The summed E-state index contributed by atoms with van der Waals surface area (Å²) in [7, 11) is -3.98. The van der Waals surface area contributed by atoms with Gasteiger partial charge in [-0.1, -0.05) is 47.8 Å². The molecule has 1 N–H and O–H groups in total. The molecule has 0 heterocycles. The van der Waals surface area contributed by atoms with Crippen LogP contribution in [0, 0.1) is 5.82 Å². The molecule has 2 amide bonds. The first-order valence-electron chi connectivity index (χ1n) is 10.7. The molecule has 2 aromatic carbocycles. The summed E-state index contributed by atoms with van der Waals surface area (Å²) in [4.78, 5) is 27.8. The van der Waals surface area contributed by atoms with Gasteiger partial charge >= 0.3 is 0 Å². The fourth-order valence-electron chi connectivity index (χ4n) is 3.41. The first-order chi connectivity index (χ1) is 16.3. The van der Waals surface area contributed by atoms with Crippen LogP contribution in [0.3, 0.4) is 0 Å². The Morgan fingerprint density at radius 2 is 1.66 bits per heavy atom. The van der Waals surface area contributed by atoms with Gasteiger partial charge in [0, 0.05) is 28.2 Å². The molecule has 192 valence electrons. The van der Waals surface area contributed by atoms with E-state index in [0.29, 0.717) is 15.6 Å². The second-order valence-electron chi connectivity index (χ2n) is 8.18. The maximum absolute atomic E-state index is 13.7. The van der Waals surface area contributed by atoms with Crippen LogP contribution in [0.4, 0.5) is 10.1 Å². The zero-order chi connectivity index (χ0) is 26.5. The van der Waals surface area contributed by atoms with Crippen LogP contribution in [-0.4, -0.2) is 50.0 Å². The van der Waals surface area contributed by atoms with Crippen LogP contribution in [0.5, 0.6) is 0 Å². The van der Waals surface area contributed by atoms with Crippen molar-refractivity contribution in [3.63, 3.8) is 0 Å². The number of nitrogens with zero attached hydrogens (tertiary/aromatic N) is 2.